The number of aliphatic hydroxyl groups is 1. The molecule has 0 saturated carbocycles. The van der Waals surface area contributed by atoms with E-state index in [4.69, 9.17) is 0 Å². The second-order valence-corrected chi connectivity index (χ2v) is 5.44. The molecule has 1 aromatic rings. The van der Waals surface area contributed by atoms with Crippen LogP contribution >= 0.6 is 11.8 Å². The summed E-state index contributed by atoms with van der Waals surface area (Å²) in [6.07, 6.45) is -0.480. The average Bonchev–Trinajstić information content (AvgIpc) is 2.29. The molecular formula is C13H19F2NOS. The Hall–Kier alpha value is -0.650. The smallest absolute Gasteiger partial charge is 0.263 e. The molecule has 0 fully saturated rings. The minimum absolute atomic E-state index is 0.0353. The number of rotatable bonds is 7. The van der Waals surface area contributed by atoms with E-state index < -0.39 is 12.0 Å². The molecule has 102 valence electrons. The van der Waals surface area contributed by atoms with Crippen molar-refractivity contribution in [3.63, 3.8) is 0 Å². The van der Waals surface area contributed by atoms with Crippen molar-refractivity contribution in [3.8, 4) is 0 Å². The van der Waals surface area contributed by atoms with Crippen molar-refractivity contribution in [3.05, 3.63) is 35.4 Å². The average molecular weight is 275 g/mol. The molecule has 0 bridgehead atoms. The topological polar surface area (TPSA) is 32.3 Å². The van der Waals surface area contributed by atoms with E-state index in [0.717, 1.165) is 5.56 Å². The van der Waals surface area contributed by atoms with Gasteiger partial charge in [0.1, 0.15) is 0 Å². The first kappa shape index (κ1) is 15.4. The highest BCUT2D eigenvalue weighted by Crippen LogP contribution is 2.18. The lowest BCUT2D eigenvalue weighted by Crippen LogP contribution is -2.39. The Kier molecular flexibility index (Phi) is 6.05. The zero-order valence-corrected chi connectivity index (χ0v) is 11.4. The summed E-state index contributed by atoms with van der Waals surface area (Å²) in [6, 6.07) is 6.22. The minimum Gasteiger partial charge on any atom is -0.388 e. The highest BCUT2D eigenvalue weighted by molar-refractivity contribution is 7.98. The van der Waals surface area contributed by atoms with Crippen LogP contribution in [-0.4, -0.2) is 29.3 Å². The van der Waals surface area contributed by atoms with Gasteiger partial charge in [-0.15, -0.1) is 0 Å². The zero-order chi connectivity index (χ0) is 13.6. The maximum Gasteiger partial charge on any atom is 0.263 e. The summed E-state index contributed by atoms with van der Waals surface area (Å²) in [6.45, 7) is 2.81. The number of halogens is 2. The highest BCUT2D eigenvalue weighted by Gasteiger charge is 2.18. The van der Waals surface area contributed by atoms with Crippen molar-refractivity contribution in [2.45, 2.75) is 25.5 Å². The molecule has 0 aliphatic rings. The second-order valence-electron chi connectivity index (χ2n) is 4.58. The van der Waals surface area contributed by atoms with Crippen LogP contribution in [0, 0.1) is 0 Å². The van der Waals surface area contributed by atoms with Crippen molar-refractivity contribution in [1.29, 1.82) is 0 Å². The van der Waals surface area contributed by atoms with Crippen LogP contribution in [0.15, 0.2) is 24.3 Å². The lowest BCUT2D eigenvalue weighted by molar-refractivity contribution is 0.0846. The molecule has 0 amide bonds. The molecule has 1 atom stereocenters. The lowest BCUT2D eigenvalue weighted by atomic mass is 10.1. The lowest BCUT2D eigenvalue weighted by Gasteiger charge is -2.22. The summed E-state index contributed by atoms with van der Waals surface area (Å²) in [5.74, 6) is 0.657. The van der Waals surface area contributed by atoms with E-state index in [2.05, 4.69) is 5.32 Å². The summed E-state index contributed by atoms with van der Waals surface area (Å²) in [5, 5.41) is 13.1. The molecule has 0 saturated heterocycles. The van der Waals surface area contributed by atoms with Crippen LogP contribution in [0.25, 0.3) is 0 Å². The van der Waals surface area contributed by atoms with Crippen LogP contribution in [0.2, 0.25) is 0 Å². The first-order chi connectivity index (χ1) is 8.44. The summed E-state index contributed by atoms with van der Waals surface area (Å²) in [5.41, 5.74) is 0.218. The van der Waals surface area contributed by atoms with Gasteiger partial charge in [0.05, 0.1) is 5.60 Å². The Bertz CT molecular complexity index is 355. The molecule has 18 heavy (non-hydrogen) atoms. The van der Waals surface area contributed by atoms with Crippen molar-refractivity contribution < 1.29 is 13.9 Å². The van der Waals surface area contributed by atoms with Gasteiger partial charge in [0.25, 0.3) is 6.43 Å². The van der Waals surface area contributed by atoms with E-state index in [1.807, 2.05) is 6.26 Å². The van der Waals surface area contributed by atoms with Gasteiger partial charge < -0.3 is 10.4 Å². The largest absolute Gasteiger partial charge is 0.388 e. The maximum atomic E-state index is 12.3. The number of hydrogen-bond donors (Lipinski definition) is 2. The number of thioether (sulfide) groups is 1. The van der Waals surface area contributed by atoms with Crippen molar-refractivity contribution in [2.75, 3.05) is 18.6 Å². The molecule has 2 N–H and O–H groups in total. The molecule has 2 nitrogen and oxygen atoms in total. The van der Waals surface area contributed by atoms with Gasteiger partial charge in [-0.05, 0) is 18.7 Å². The summed E-state index contributed by atoms with van der Waals surface area (Å²) >= 11 is 1.59. The highest BCUT2D eigenvalue weighted by atomic mass is 32.2. The van der Waals surface area contributed by atoms with Crippen molar-refractivity contribution in [2.24, 2.45) is 0 Å². The molecule has 1 rings (SSSR count). The van der Waals surface area contributed by atoms with E-state index in [0.29, 0.717) is 18.8 Å². The Morgan fingerprint density at radius 2 is 1.94 bits per heavy atom. The molecule has 0 aromatic heterocycles. The van der Waals surface area contributed by atoms with Crippen LogP contribution in [0.1, 0.15) is 24.5 Å². The fraction of sp³-hybridized carbons (Fsp3) is 0.538. The minimum atomic E-state index is -2.42. The Morgan fingerprint density at radius 1 is 1.33 bits per heavy atom. The SMILES string of the molecule is CSCC(C)(O)CNCc1ccc(C(F)F)cc1. The van der Waals surface area contributed by atoms with Crippen LogP contribution < -0.4 is 5.32 Å². The number of hydrogen-bond acceptors (Lipinski definition) is 3. The number of alkyl halides is 2. The molecule has 0 spiro atoms. The predicted octanol–water partition coefficient (Wildman–Crippen LogP) is 2.83. The molecule has 5 heteroatoms. The fourth-order valence-corrected chi connectivity index (χ4v) is 2.34. The Balaban J connectivity index is 2.40. The zero-order valence-electron chi connectivity index (χ0n) is 10.6. The number of nitrogens with one attached hydrogen (secondary N) is 1. The first-order valence-electron chi connectivity index (χ1n) is 5.73. The monoisotopic (exact) mass is 275 g/mol. The predicted molar refractivity (Wildman–Crippen MR) is 72.1 cm³/mol. The Morgan fingerprint density at radius 3 is 2.44 bits per heavy atom. The third kappa shape index (κ3) is 5.33. The molecule has 1 unspecified atom stereocenters. The van der Waals surface area contributed by atoms with Crippen molar-refractivity contribution in [1.82, 2.24) is 5.32 Å². The quantitative estimate of drug-likeness (QED) is 0.802. The van der Waals surface area contributed by atoms with Gasteiger partial charge in [0.2, 0.25) is 0 Å². The van der Waals surface area contributed by atoms with E-state index in [-0.39, 0.29) is 5.56 Å². The summed E-state index contributed by atoms with van der Waals surface area (Å²) in [4.78, 5) is 0. The summed E-state index contributed by atoms with van der Waals surface area (Å²) in [7, 11) is 0. The van der Waals surface area contributed by atoms with Gasteiger partial charge in [0, 0.05) is 24.4 Å². The first-order valence-corrected chi connectivity index (χ1v) is 7.13. The third-order valence-electron chi connectivity index (χ3n) is 2.52. The Labute approximate surface area is 111 Å². The van der Waals surface area contributed by atoms with Gasteiger partial charge in [-0.3, -0.25) is 0 Å². The molecule has 0 radical (unpaired) electrons. The molecular weight excluding hydrogens is 256 g/mol. The third-order valence-corrected chi connectivity index (χ3v) is 3.43. The normalized spacial score (nSPS) is 14.8. The van der Waals surface area contributed by atoms with Gasteiger partial charge in [-0.25, -0.2) is 8.78 Å². The fourth-order valence-electron chi connectivity index (χ4n) is 1.62. The van der Waals surface area contributed by atoms with Crippen LogP contribution in [0.5, 0.6) is 0 Å². The second kappa shape index (κ2) is 7.07. The van der Waals surface area contributed by atoms with Gasteiger partial charge in [0.15, 0.2) is 0 Å². The van der Waals surface area contributed by atoms with Gasteiger partial charge in [-0.1, -0.05) is 24.3 Å². The summed E-state index contributed by atoms with van der Waals surface area (Å²) < 4.78 is 24.7. The maximum absolute atomic E-state index is 12.3. The van der Waals surface area contributed by atoms with Gasteiger partial charge in [-0.2, -0.15) is 11.8 Å². The molecule has 0 aliphatic heterocycles. The van der Waals surface area contributed by atoms with E-state index in [9.17, 15) is 13.9 Å². The van der Waals surface area contributed by atoms with Crippen molar-refractivity contribution >= 4 is 11.8 Å². The van der Waals surface area contributed by atoms with Crippen LogP contribution in [0.3, 0.4) is 0 Å². The van der Waals surface area contributed by atoms with Crippen LogP contribution in [0.4, 0.5) is 8.78 Å². The van der Waals surface area contributed by atoms with Gasteiger partial charge >= 0.3 is 0 Å². The number of benzene rings is 1. The van der Waals surface area contributed by atoms with Crippen LogP contribution in [-0.2, 0) is 6.54 Å². The van der Waals surface area contributed by atoms with E-state index in [1.54, 1.807) is 30.8 Å². The van der Waals surface area contributed by atoms with E-state index >= 15 is 0 Å². The standard InChI is InChI=1S/C13H19F2NOS/c1-13(17,9-18-2)8-16-7-10-3-5-11(6-4-10)12(14)15/h3-6,12,16-17H,7-9H2,1-2H3. The van der Waals surface area contributed by atoms with E-state index in [1.165, 1.54) is 12.1 Å². The molecule has 0 aliphatic carbocycles. The molecule has 1 aromatic carbocycles. The molecule has 0 heterocycles.